The molecular weight excluding hydrogens is 538 g/mol. The number of rotatable bonds is 14. The smallest absolute Gasteiger partial charge is 0.405 e. The molecule has 2 aromatic heterocycles. The summed E-state index contributed by atoms with van der Waals surface area (Å²) >= 11 is 0. The number of aryl methyl sites for hydroxylation is 1. The van der Waals surface area contributed by atoms with Gasteiger partial charge in [0, 0.05) is 23.6 Å². The van der Waals surface area contributed by atoms with Crippen molar-refractivity contribution in [2.75, 3.05) is 6.54 Å². The number of nitrogens with one attached hydrogen (secondary N) is 4. The Kier molecular flexibility index (Phi) is 10.1. The zero-order chi connectivity index (χ0) is 30.1. The number of hydrogen-bond donors (Lipinski definition) is 5. The van der Waals surface area contributed by atoms with Crippen molar-refractivity contribution in [2.24, 2.45) is 5.92 Å². The normalized spacial score (nSPS) is 12.5. The van der Waals surface area contributed by atoms with E-state index in [2.05, 4.69) is 25.9 Å². The van der Waals surface area contributed by atoms with E-state index in [1.54, 1.807) is 0 Å². The highest BCUT2D eigenvalue weighted by Crippen LogP contribution is 2.18. The van der Waals surface area contributed by atoms with Crippen LogP contribution >= 0.6 is 0 Å². The van der Waals surface area contributed by atoms with Gasteiger partial charge in [0.15, 0.2) is 5.69 Å². The van der Waals surface area contributed by atoms with E-state index in [4.69, 9.17) is 4.42 Å². The Morgan fingerprint density at radius 3 is 2.43 bits per heavy atom. The zero-order valence-electron chi connectivity index (χ0n) is 23.6. The number of oxazole rings is 1. The van der Waals surface area contributed by atoms with Crippen molar-refractivity contribution in [3.8, 4) is 0 Å². The molecule has 0 fully saturated rings. The zero-order valence-corrected chi connectivity index (χ0v) is 23.6. The number of fused-ring (bicyclic) bond motifs is 1. The lowest BCUT2D eigenvalue weighted by molar-refractivity contribution is -0.124. The number of ketones is 1. The van der Waals surface area contributed by atoms with Crippen molar-refractivity contribution in [2.45, 2.75) is 51.6 Å². The first-order chi connectivity index (χ1) is 20.2. The van der Waals surface area contributed by atoms with E-state index in [9.17, 15) is 24.3 Å². The topological polar surface area (TPSA) is 166 Å². The van der Waals surface area contributed by atoms with Crippen LogP contribution in [0.1, 0.15) is 59.0 Å². The van der Waals surface area contributed by atoms with Crippen molar-refractivity contribution in [3.05, 3.63) is 89.8 Å². The Morgan fingerprint density at radius 2 is 1.69 bits per heavy atom. The van der Waals surface area contributed by atoms with Crippen molar-refractivity contribution >= 4 is 34.6 Å². The Morgan fingerprint density at radius 1 is 0.952 bits per heavy atom. The van der Waals surface area contributed by atoms with Crippen molar-refractivity contribution in [3.63, 3.8) is 0 Å². The van der Waals surface area contributed by atoms with E-state index in [1.165, 1.54) is 0 Å². The number of H-pyrrole nitrogens is 1. The molecule has 0 aliphatic rings. The van der Waals surface area contributed by atoms with Crippen LogP contribution < -0.4 is 16.0 Å². The molecule has 2 aromatic carbocycles. The molecule has 0 aliphatic carbocycles. The number of carbonyl (C=O) groups excluding carboxylic acids is 3. The van der Waals surface area contributed by atoms with Gasteiger partial charge in [-0.2, -0.15) is 0 Å². The third-order valence-electron chi connectivity index (χ3n) is 6.82. The molecule has 11 nitrogen and oxygen atoms in total. The average Bonchev–Trinajstić information content (AvgIpc) is 3.63. The maximum atomic E-state index is 13.5. The number of carbonyl (C=O) groups is 4. The van der Waals surface area contributed by atoms with E-state index in [0.29, 0.717) is 19.4 Å². The van der Waals surface area contributed by atoms with Crippen LogP contribution in [0.5, 0.6) is 0 Å². The van der Waals surface area contributed by atoms with Crippen LogP contribution in [-0.2, 0) is 17.6 Å². The Bertz CT molecular complexity index is 1530. The molecule has 4 aromatic rings. The number of aromatic amines is 1. The Balaban J connectivity index is 1.42. The number of aromatic nitrogens is 2. The molecule has 2 heterocycles. The summed E-state index contributed by atoms with van der Waals surface area (Å²) in [6.45, 7) is 4.07. The SMILES string of the molecule is CC(C)CC(NC(=O)O)C(=O)NC(CCc1ccccc1)C(=O)c1nc(C(=O)NCCc2c[nH]c3ccccc23)co1. The molecule has 0 saturated carbocycles. The van der Waals surface area contributed by atoms with Gasteiger partial charge in [0.05, 0.1) is 6.04 Å². The molecule has 0 aliphatic heterocycles. The molecule has 3 amide bonds. The second-order valence-corrected chi connectivity index (χ2v) is 10.5. The third kappa shape index (κ3) is 8.06. The number of benzene rings is 2. The summed E-state index contributed by atoms with van der Waals surface area (Å²) in [5.74, 6) is -2.03. The molecule has 2 atom stereocenters. The molecule has 220 valence electrons. The quantitative estimate of drug-likeness (QED) is 0.142. The van der Waals surface area contributed by atoms with Crippen LogP contribution in [0.3, 0.4) is 0 Å². The number of Topliss-reactive ketones (excluding diaryl/α,β-unsaturated/α-hetero) is 1. The van der Waals surface area contributed by atoms with E-state index < -0.39 is 35.8 Å². The summed E-state index contributed by atoms with van der Waals surface area (Å²) in [6, 6.07) is 15.2. The first-order valence-corrected chi connectivity index (χ1v) is 13.9. The molecule has 0 spiro atoms. The minimum absolute atomic E-state index is 0.0230. The molecule has 0 saturated heterocycles. The summed E-state index contributed by atoms with van der Waals surface area (Å²) in [6.07, 6.45) is 3.19. The van der Waals surface area contributed by atoms with Gasteiger partial charge in [0.1, 0.15) is 12.3 Å². The Labute approximate surface area is 243 Å². The van der Waals surface area contributed by atoms with Crippen LogP contribution in [0.4, 0.5) is 4.79 Å². The van der Waals surface area contributed by atoms with Crippen molar-refractivity contribution in [1.82, 2.24) is 25.9 Å². The maximum Gasteiger partial charge on any atom is 0.405 e. The van der Waals surface area contributed by atoms with Gasteiger partial charge in [-0.25, -0.2) is 9.78 Å². The van der Waals surface area contributed by atoms with Gasteiger partial charge in [0.25, 0.3) is 11.8 Å². The van der Waals surface area contributed by atoms with Crippen LogP contribution in [0.15, 0.2) is 71.5 Å². The Hall–Kier alpha value is -4.93. The molecule has 5 N–H and O–H groups in total. The van der Waals surface area contributed by atoms with Gasteiger partial charge in [0.2, 0.25) is 11.7 Å². The molecule has 0 bridgehead atoms. The van der Waals surface area contributed by atoms with Gasteiger partial charge in [-0.1, -0.05) is 62.4 Å². The van der Waals surface area contributed by atoms with Gasteiger partial charge in [-0.15, -0.1) is 0 Å². The van der Waals surface area contributed by atoms with Crippen LogP contribution in [0.25, 0.3) is 10.9 Å². The third-order valence-corrected chi connectivity index (χ3v) is 6.82. The van der Waals surface area contributed by atoms with Gasteiger partial charge in [-0.05, 0) is 48.8 Å². The first-order valence-electron chi connectivity index (χ1n) is 13.9. The molecule has 4 rings (SSSR count). The minimum atomic E-state index is -1.34. The van der Waals surface area contributed by atoms with E-state index in [-0.39, 0.29) is 30.3 Å². The highest BCUT2D eigenvalue weighted by molar-refractivity contribution is 6.00. The summed E-state index contributed by atoms with van der Waals surface area (Å²) in [7, 11) is 0. The van der Waals surface area contributed by atoms with Gasteiger partial charge in [-0.3, -0.25) is 14.4 Å². The molecule has 0 radical (unpaired) electrons. The minimum Gasteiger partial charge on any atom is -0.465 e. The predicted octanol–water partition coefficient (Wildman–Crippen LogP) is 4.11. The summed E-state index contributed by atoms with van der Waals surface area (Å²) in [5, 5.41) is 18.0. The van der Waals surface area contributed by atoms with Crippen molar-refractivity contribution in [1.29, 1.82) is 0 Å². The summed E-state index contributed by atoms with van der Waals surface area (Å²) in [4.78, 5) is 57.9. The second-order valence-electron chi connectivity index (χ2n) is 10.5. The van der Waals surface area contributed by atoms with E-state index in [1.807, 2.05) is 74.6 Å². The van der Waals surface area contributed by atoms with Crippen LogP contribution in [0, 0.1) is 5.92 Å². The molecule has 11 heteroatoms. The lowest BCUT2D eigenvalue weighted by Gasteiger charge is -2.22. The van der Waals surface area contributed by atoms with Crippen LogP contribution in [-0.4, -0.2) is 57.4 Å². The second kappa shape index (κ2) is 14.1. The monoisotopic (exact) mass is 573 g/mol. The highest BCUT2D eigenvalue weighted by Gasteiger charge is 2.30. The van der Waals surface area contributed by atoms with E-state index >= 15 is 0 Å². The number of carboxylic acid groups (broad SMARTS) is 1. The molecule has 42 heavy (non-hydrogen) atoms. The lowest BCUT2D eigenvalue weighted by atomic mass is 9.99. The fourth-order valence-electron chi connectivity index (χ4n) is 4.73. The molecule has 2 unspecified atom stereocenters. The fourth-order valence-corrected chi connectivity index (χ4v) is 4.73. The first kappa shape index (κ1) is 30.0. The average molecular weight is 574 g/mol. The highest BCUT2D eigenvalue weighted by atomic mass is 16.4. The molecular formula is C31H35N5O6. The van der Waals surface area contributed by atoms with Gasteiger partial charge < -0.3 is 30.5 Å². The predicted molar refractivity (Wildman–Crippen MR) is 156 cm³/mol. The summed E-state index contributed by atoms with van der Waals surface area (Å²) in [5.41, 5.74) is 2.97. The lowest BCUT2D eigenvalue weighted by Crippen LogP contribution is -2.52. The maximum absolute atomic E-state index is 13.5. The standard InChI is InChI=1S/C31H35N5O6/c1-19(2)16-25(36-31(40)41)29(39)34-24(13-12-20-8-4-3-5-9-20)27(37)30-35-26(18-42-30)28(38)32-15-14-21-17-33-23-11-7-6-10-22(21)23/h3-11,17-19,24-25,33,36H,12-16H2,1-2H3,(H,32,38)(H,34,39)(H,40,41). The van der Waals surface area contributed by atoms with Gasteiger partial charge >= 0.3 is 6.09 Å². The van der Waals surface area contributed by atoms with Crippen LogP contribution in [0.2, 0.25) is 0 Å². The van der Waals surface area contributed by atoms with Crippen molar-refractivity contribution < 1.29 is 28.7 Å². The largest absolute Gasteiger partial charge is 0.465 e. The number of amides is 3. The van der Waals surface area contributed by atoms with E-state index in [0.717, 1.165) is 28.3 Å². The fraction of sp³-hybridized carbons (Fsp3) is 0.323. The number of hydrogen-bond acceptors (Lipinski definition) is 6. The number of nitrogens with zero attached hydrogens (tertiary/aromatic N) is 1. The number of para-hydroxylation sites is 1. The summed E-state index contributed by atoms with van der Waals surface area (Å²) < 4.78 is 5.37.